The van der Waals surface area contributed by atoms with Crippen LogP contribution in [0.5, 0.6) is 11.5 Å². The first-order valence-corrected chi connectivity index (χ1v) is 9.79. The number of halogens is 1. The van der Waals surface area contributed by atoms with Crippen molar-refractivity contribution in [1.29, 1.82) is 0 Å². The van der Waals surface area contributed by atoms with Crippen molar-refractivity contribution in [3.05, 3.63) is 59.7 Å². The normalized spacial score (nSPS) is 22.0. The van der Waals surface area contributed by atoms with Crippen LogP contribution in [0.25, 0.3) is 0 Å². The molecule has 2 aromatic rings. The minimum Gasteiger partial charge on any atom is -1.00 e. The van der Waals surface area contributed by atoms with Crippen molar-refractivity contribution >= 4 is 0 Å². The number of methoxy groups -OCH3 is 2. The van der Waals surface area contributed by atoms with Gasteiger partial charge in [0.1, 0.15) is 18.0 Å². The summed E-state index contributed by atoms with van der Waals surface area (Å²) in [6.07, 6.45) is 0. The van der Waals surface area contributed by atoms with Gasteiger partial charge in [0.25, 0.3) is 0 Å². The molecule has 6 nitrogen and oxygen atoms in total. The first-order valence-electron chi connectivity index (χ1n) is 9.79. The Labute approximate surface area is 179 Å². The number of β-amino-alcohol motifs (C(OH)–C–C–N with tert-alkyl or cyclic N) is 1. The summed E-state index contributed by atoms with van der Waals surface area (Å²) in [5, 5.41) is 19.3. The molecule has 1 fully saturated rings. The SMILES string of the molecule is COc1ccc([C@@H]2C[NH+](CCO)C[C@@H](c3ccc(OC)cc3)N2CCO)cc1.[Cl-]. The van der Waals surface area contributed by atoms with Crippen molar-refractivity contribution in [2.24, 2.45) is 0 Å². The molecule has 29 heavy (non-hydrogen) atoms. The molecule has 0 unspecified atom stereocenters. The molecule has 3 rings (SSSR count). The van der Waals surface area contributed by atoms with E-state index in [0.717, 1.165) is 24.6 Å². The van der Waals surface area contributed by atoms with Crippen LogP contribution in [0.15, 0.2) is 48.5 Å². The molecule has 0 saturated carbocycles. The highest BCUT2D eigenvalue weighted by Gasteiger charge is 2.38. The molecule has 1 heterocycles. The maximum absolute atomic E-state index is 9.75. The molecule has 160 valence electrons. The lowest BCUT2D eigenvalue weighted by Crippen LogP contribution is -3.15. The molecular formula is C22H31ClN2O4. The Balaban J connectivity index is 0.00000300. The summed E-state index contributed by atoms with van der Waals surface area (Å²) < 4.78 is 10.6. The van der Waals surface area contributed by atoms with Crippen LogP contribution in [-0.4, -0.2) is 68.7 Å². The molecule has 1 saturated heterocycles. The highest BCUT2D eigenvalue weighted by Crippen LogP contribution is 2.33. The van der Waals surface area contributed by atoms with Crippen molar-refractivity contribution in [3.8, 4) is 11.5 Å². The number of rotatable bonds is 8. The summed E-state index contributed by atoms with van der Waals surface area (Å²) in [5.41, 5.74) is 2.39. The monoisotopic (exact) mass is 422 g/mol. The van der Waals surface area contributed by atoms with Crippen LogP contribution in [0.1, 0.15) is 23.2 Å². The van der Waals surface area contributed by atoms with E-state index in [1.54, 1.807) is 14.2 Å². The molecule has 0 radical (unpaired) electrons. The summed E-state index contributed by atoms with van der Waals surface area (Å²) in [6, 6.07) is 16.6. The van der Waals surface area contributed by atoms with Gasteiger partial charge in [-0.2, -0.15) is 0 Å². The summed E-state index contributed by atoms with van der Waals surface area (Å²) in [7, 11) is 3.33. The number of quaternary nitrogens is 1. The standard InChI is InChI=1S/C22H30N2O4.ClH/c1-27-19-7-3-17(4-8-19)21-15-23(11-13-25)16-22(24(21)12-14-26)18-5-9-20(28-2)10-6-18;/h3-10,21-22,25-26H,11-16H2,1-2H3;1H/t21-,22-;/m0./s1. The Kier molecular flexibility index (Phi) is 9.20. The van der Waals surface area contributed by atoms with Gasteiger partial charge in [-0.15, -0.1) is 0 Å². The van der Waals surface area contributed by atoms with E-state index >= 15 is 0 Å². The van der Waals surface area contributed by atoms with Gasteiger partial charge in [0.2, 0.25) is 0 Å². The molecule has 0 spiro atoms. The summed E-state index contributed by atoms with van der Waals surface area (Å²) in [5.74, 6) is 1.67. The number of piperazine rings is 1. The Morgan fingerprint density at radius 3 is 1.62 bits per heavy atom. The highest BCUT2D eigenvalue weighted by molar-refractivity contribution is 5.32. The summed E-state index contributed by atoms with van der Waals surface area (Å²) in [6.45, 7) is 3.36. The first kappa shape index (κ1) is 23.4. The Hall–Kier alpha value is -1.83. The Bertz CT molecular complexity index is 669. The number of nitrogens with one attached hydrogen (secondary N) is 1. The maximum Gasteiger partial charge on any atom is 0.118 e. The predicted molar refractivity (Wildman–Crippen MR) is 108 cm³/mol. The van der Waals surface area contributed by atoms with Gasteiger partial charge in [-0.05, 0) is 35.4 Å². The maximum atomic E-state index is 9.75. The van der Waals surface area contributed by atoms with Crippen LogP contribution in [0.4, 0.5) is 0 Å². The van der Waals surface area contributed by atoms with Crippen LogP contribution in [0.3, 0.4) is 0 Å². The van der Waals surface area contributed by atoms with Gasteiger partial charge in [0.05, 0.1) is 52.6 Å². The van der Waals surface area contributed by atoms with Gasteiger partial charge >= 0.3 is 0 Å². The number of hydrogen-bond donors (Lipinski definition) is 3. The van der Waals surface area contributed by atoms with Gasteiger partial charge in [-0.3, -0.25) is 4.90 Å². The van der Waals surface area contributed by atoms with Crippen LogP contribution < -0.4 is 26.8 Å². The van der Waals surface area contributed by atoms with Gasteiger partial charge in [0, 0.05) is 6.54 Å². The second-order valence-electron chi connectivity index (χ2n) is 7.17. The van der Waals surface area contributed by atoms with Crippen molar-refractivity contribution in [2.75, 3.05) is 53.6 Å². The molecule has 1 aliphatic rings. The first-order chi connectivity index (χ1) is 13.7. The van der Waals surface area contributed by atoms with Crippen LogP contribution in [0.2, 0.25) is 0 Å². The molecule has 7 heteroatoms. The largest absolute Gasteiger partial charge is 1.00 e. The van der Waals surface area contributed by atoms with Crippen LogP contribution >= 0.6 is 0 Å². The summed E-state index contributed by atoms with van der Waals surface area (Å²) in [4.78, 5) is 3.74. The molecule has 0 aliphatic carbocycles. The average molecular weight is 423 g/mol. The zero-order valence-corrected chi connectivity index (χ0v) is 17.8. The fourth-order valence-electron chi connectivity index (χ4n) is 4.14. The fraction of sp³-hybridized carbons (Fsp3) is 0.455. The third-order valence-corrected chi connectivity index (χ3v) is 5.59. The van der Waals surface area contributed by atoms with E-state index in [1.807, 2.05) is 24.3 Å². The van der Waals surface area contributed by atoms with Crippen LogP contribution in [0, 0.1) is 0 Å². The number of aliphatic hydroxyl groups is 2. The predicted octanol–water partition coefficient (Wildman–Crippen LogP) is -2.32. The molecule has 2 aromatic carbocycles. The zero-order chi connectivity index (χ0) is 19.9. The third kappa shape index (κ3) is 5.62. The molecule has 0 amide bonds. The minimum absolute atomic E-state index is 0. The van der Waals surface area contributed by atoms with E-state index < -0.39 is 0 Å². The molecule has 2 atom stereocenters. The highest BCUT2D eigenvalue weighted by atomic mass is 35.5. The third-order valence-electron chi connectivity index (χ3n) is 5.59. The Morgan fingerprint density at radius 2 is 1.28 bits per heavy atom. The van der Waals surface area contributed by atoms with Crippen molar-refractivity contribution in [3.63, 3.8) is 0 Å². The zero-order valence-electron chi connectivity index (χ0n) is 17.1. The van der Waals surface area contributed by atoms with Gasteiger partial charge in [-0.25, -0.2) is 0 Å². The van der Waals surface area contributed by atoms with Gasteiger partial charge in [0.15, 0.2) is 0 Å². The molecule has 0 aromatic heterocycles. The molecule has 1 aliphatic heterocycles. The second kappa shape index (κ2) is 11.4. The topological polar surface area (TPSA) is 66.6 Å². The lowest BCUT2D eigenvalue weighted by atomic mass is 9.94. The lowest BCUT2D eigenvalue weighted by Gasteiger charge is -2.44. The van der Waals surface area contributed by atoms with E-state index in [-0.39, 0.29) is 37.7 Å². The molecular weight excluding hydrogens is 392 g/mol. The van der Waals surface area contributed by atoms with Crippen molar-refractivity contribution in [2.45, 2.75) is 12.1 Å². The number of hydrogen-bond acceptors (Lipinski definition) is 5. The number of ether oxygens (including phenoxy) is 2. The molecule has 0 bridgehead atoms. The number of benzene rings is 2. The van der Waals surface area contributed by atoms with Gasteiger partial charge in [-0.1, -0.05) is 24.3 Å². The smallest absolute Gasteiger partial charge is 0.118 e. The van der Waals surface area contributed by atoms with E-state index in [0.29, 0.717) is 13.1 Å². The van der Waals surface area contributed by atoms with E-state index in [2.05, 4.69) is 29.2 Å². The lowest BCUT2D eigenvalue weighted by molar-refractivity contribution is -0.913. The van der Waals surface area contributed by atoms with Crippen LogP contribution in [-0.2, 0) is 0 Å². The van der Waals surface area contributed by atoms with E-state index in [9.17, 15) is 10.2 Å². The minimum atomic E-state index is 0. The Morgan fingerprint density at radius 1 is 0.828 bits per heavy atom. The van der Waals surface area contributed by atoms with Crippen molar-refractivity contribution < 1.29 is 37.0 Å². The fourth-order valence-corrected chi connectivity index (χ4v) is 4.14. The van der Waals surface area contributed by atoms with E-state index in [4.69, 9.17) is 9.47 Å². The van der Waals surface area contributed by atoms with E-state index in [1.165, 1.54) is 16.0 Å². The van der Waals surface area contributed by atoms with Gasteiger partial charge < -0.3 is 37.0 Å². The number of nitrogens with zero attached hydrogens (tertiary/aromatic N) is 1. The quantitative estimate of drug-likeness (QED) is 0.445. The van der Waals surface area contributed by atoms with Crippen molar-refractivity contribution in [1.82, 2.24) is 4.90 Å². The second-order valence-corrected chi connectivity index (χ2v) is 7.17. The molecule has 3 N–H and O–H groups in total. The summed E-state index contributed by atoms with van der Waals surface area (Å²) >= 11 is 0. The average Bonchev–Trinajstić information content (AvgIpc) is 2.75. The number of aliphatic hydroxyl groups excluding tert-OH is 2.